The number of hydrogen-bond donors (Lipinski definition) is 2. The van der Waals surface area contributed by atoms with Crippen LogP contribution in [-0.4, -0.2) is 21.0 Å². The van der Waals surface area contributed by atoms with Crippen LogP contribution in [-0.2, 0) is 16.4 Å². The Bertz CT molecular complexity index is 554. The highest BCUT2D eigenvalue weighted by atomic mass is 32.2. The van der Waals surface area contributed by atoms with E-state index < -0.39 is 10.0 Å². The van der Waals surface area contributed by atoms with Crippen LogP contribution in [0.2, 0.25) is 0 Å². The highest BCUT2D eigenvalue weighted by molar-refractivity contribution is 7.89. The zero-order valence-corrected chi connectivity index (χ0v) is 10.5. The molecule has 17 heavy (non-hydrogen) atoms. The summed E-state index contributed by atoms with van der Waals surface area (Å²) in [5.74, 6) is 0.470. The number of fused-ring (bicyclic) bond motifs is 1. The van der Waals surface area contributed by atoms with Crippen molar-refractivity contribution in [1.82, 2.24) is 4.72 Å². The van der Waals surface area contributed by atoms with Gasteiger partial charge in [0.25, 0.3) is 0 Å². The molecule has 3 rings (SSSR count). The Morgan fingerprint density at radius 1 is 1.41 bits per heavy atom. The molecule has 0 radical (unpaired) electrons. The minimum absolute atomic E-state index is 0.126. The zero-order valence-electron chi connectivity index (χ0n) is 9.73. The second kappa shape index (κ2) is 3.71. The van der Waals surface area contributed by atoms with Crippen LogP contribution < -0.4 is 10.0 Å². The van der Waals surface area contributed by atoms with Crippen LogP contribution in [0.5, 0.6) is 0 Å². The van der Waals surface area contributed by atoms with E-state index in [1.807, 2.05) is 6.07 Å². The largest absolute Gasteiger partial charge is 0.384 e. The first-order valence-corrected chi connectivity index (χ1v) is 7.44. The molecular formula is C12H16N2O2S. The fraction of sp³-hybridized carbons (Fsp3) is 0.500. The Labute approximate surface area is 101 Å². The molecule has 2 atom stereocenters. The molecule has 1 aliphatic heterocycles. The summed E-state index contributed by atoms with van der Waals surface area (Å²) in [4.78, 5) is 0.366. The van der Waals surface area contributed by atoms with Gasteiger partial charge < -0.3 is 5.32 Å². The Kier molecular flexibility index (Phi) is 2.41. The molecule has 2 unspecified atom stereocenters. The predicted octanol–water partition coefficient (Wildman–Crippen LogP) is 1.34. The van der Waals surface area contributed by atoms with Crippen molar-refractivity contribution in [2.75, 3.05) is 11.9 Å². The van der Waals surface area contributed by atoms with Crippen molar-refractivity contribution in [3.05, 3.63) is 23.8 Å². The summed E-state index contributed by atoms with van der Waals surface area (Å²) in [6.07, 6.45) is 1.92. The summed E-state index contributed by atoms with van der Waals surface area (Å²) < 4.78 is 26.9. The lowest BCUT2D eigenvalue weighted by Crippen LogP contribution is -2.26. The first-order valence-electron chi connectivity index (χ1n) is 5.95. The molecule has 2 aliphatic rings. The SMILES string of the molecule is CC1CC1NS(=O)(=O)c1ccc2c(c1)NCC2. The smallest absolute Gasteiger partial charge is 0.240 e. The lowest BCUT2D eigenvalue weighted by Gasteiger charge is -2.07. The second-order valence-corrected chi connectivity index (χ2v) is 6.65. The summed E-state index contributed by atoms with van der Waals surface area (Å²) >= 11 is 0. The van der Waals surface area contributed by atoms with Crippen molar-refractivity contribution in [3.63, 3.8) is 0 Å². The molecule has 5 heteroatoms. The molecule has 1 heterocycles. The van der Waals surface area contributed by atoms with Crippen LogP contribution in [0.25, 0.3) is 0 Å². The summed E-state index contributed by atoms with van der Waals surface area (Å²) in [5, 5.41) is 3.20. The summed E-state index contributed by atoms with van der Waals surface area (Å²) in [6.45, 7) is 2.95. The number of hydrogen-bond acceptors (Lipinski definition) is 3. The molecule has 0 bridgehead atoms. The monoisotopic (exact) mass is 252 g/mol. The van der Waals surface area contributed by atoms with E-state index in [1.54, 1.807) is 12.1 Å². The van der Waals surface area contributed by atoms with Crippen molar-refractivity contribution in [1.29, 1.82) is 0 Å². The fourth-order valence-corrected chi connectivity index (χ4v) is 3.57. The molecule has 4 nitrogen and oxygen atoms in total. The molecule has 0 amide bonds. The van der Waals surface area contributed by atoms with E-state index in [4.69, 9.17) is 0 Å². The van der Waals surface area contributed by atoms with Crippen molar-refractivity contribution in [2.24, 2.45) is 5.92 Å². The van der Waals surface area contributed by atoms with E-state index in [-0.39, 0.29) is 6.04 Å². The van der Waals surface area contributed by atoms with Gasteiger partial charge in [0.15, 0.2) is 0 Å². The van der Waals surface area contributed by atoms with Crippen molar-refractivity contribution < 1.29 is 8.42 Å². The number of rotatable bonds is 3. The molecule has 1 aromatic carbocycles. The molecule has 1 saturated carbocycles. The van der Waals surface area contributed by atoms with Gasteiger partial charge in [0.05, 0.1) is 4.90 Å². The Hall–Kier alpha value is -1.07. The van der Waals surface area contributed by atoms with Crippen LogP contribution in [0, 0.1) is 5.92 Å². The van der Waals surface area contributed by atoms with Gasteiger partial charge in [0.2, 0.25) is 10.0 Å². The standard InChI is InChI=1S/C12H16N2O2S/c1-8-6-11(8)14-17(15,16)10-3-2-9-4-5-13-12(9)7-10/h2-3,7-8,11,13-14H,4-6H2,1H3. The molecule has 0 spiro atoms. The third kappa shape index (κ3) is 2.05. The normalized spacial score (nSPS) is 26.4. The zero-order chi connectivity index (χ0) is 12.0. The van der Waals surface area contributed by atoms with Crippen LogP contribution in [0.1, 0.15) is 18.9 Å². The van der Waals surface area contributed by atoms with Gasteiger partial charge in [-0.1, -0.05) is 13.0 Å². The van der Waals surface area contributed by atoms with Gasteiger partial charge in [-0.25, -0.2) is 13.1 Å². The lowest BCUT2D eigenvalue weighted by atomic mass is 10.2. The third-order valence-corrected chi connectivity index (χ3v) is 5.01. The maximum absolute atomic E-state index is 12.1. The first kappa shape index (κ1) is 11.0. The Morgan fingerprint density at radius 2 is 2.18 bits per heavy atom. The van der Waals surface area contributed by atoms with Crippen molar-refractivity contribution in [3.8, 4) is 0 Å². The molecule has 1 aromatic rings. The van der Waals surface area contributed by atoms with Gasteiger partial charge in [-0.3, -0.25) is 0 Å². The minimum atomic E-state index is -3.34. The van der Waals surface area contributed by atoms with E-state index >= 15 is 0 Å². The van der Waals surface area contributed by atoms with Gasteiger partial charge >= 0.3 is 0 Å². The summed E-state index contributed by atoms with van der Waals surface area (Å²) in [6, 6.07) is 5.46. The minimum Gasteiger partial charge on any atom is -0.384 e. The third-order valence-electron chi connectivity index (χ3n) is 3.52. The maximum Gasteiger partial charge on any atom is 0.240 e. The first-order chi connectivity index (χ1) is 8.06. The molecule has 0 aromatic heterocycles. The van der Waals surface area contributed by atoms with Crippen LogP contribution in [0.4, 0.5) is 5.69 Å². The van der Waals surface area contributed by atoms with E-state index in [0.29, 0.717) is 10.8 Å². The van der Waals surface area contributed by atoms with Crippen LogP contribution in [0.3, 0.4) is 0 Å². The van der Waals surface area contributed by atoms with Crippen LogP contribution in [0.15, 0.2) is 23.1 Å². The molecule has 1 fully saturated rings. The number of benzene rings is 1. The second-order valence-electron chi connectivity index (χ2n) is 4.94. The fourth-order valence-electron chi connectivity index (χ4n) is 2.19. The van der Waals surface area contributed by atoms with Crippen LogP contribution >= 0.6 is 0 Å². The summed E-state index contributed by atoms with van der Waals surface area (Å²) in [7, 11) is -3.34. The molecule has 2 N–H and O–H groups in total. The highest BCUT2D eigenvalue weighted by Crippen LogP contribution is 2.31. The number of nitrogens with one attached hydrogen (secondary N) is 2. The van der Waals surface area contributed by atoms with Gasteiger partial charge in [-0.15, -0.1) is 0 Å². The van der Waals surface area contributed by atoms with Crippen molar-refractivity contribution >= 4 is 15.7 Å². The van der Waals surface area contributed by atoms with E-state index in [0.717, 1.165) is 25.1 Å². The Balaban J connectivity index is 1.88. The average molecular weight is 252 g/mol. The van der Waals surface area contributed by atoms with E-state index in [9.17, 15) is 8.42 Å². The molecular weight excluding hydrogens is 236 g/mol. The topological polar surface area (TPSA) is 58.2 Å². The maximum atomic E-state index is 12.1. The number of anilines is 1. The van der Waals surface area contributed by atoms with Gasteiger partial charge in [0.1, 0.15) is 0 Å². The molecule has 1 aliphatic carbocycles. The van der Waals surface area contributed by atoms with Gasteiger partial charge in [0, 0.05) is 18.3 Å². The number of sulfonamides is 1. The Morgan fingerprint density at radius 3 is 2.88 bits per heavy atom. The molecule has 0 saturated heterocycles. The molecule has 92 valence electrons. The quantitative estimate of drug-likeness (QED) is 0.853. The average Bonchev–Trinajstić information content (AvgIpc) is 2.81. The van der Waals surface area contributed by atoms with E-state index in [2.05, 4.69) is 17.0 Å². The van der Waals surface area contributed by atoms with Gasteiger partial charge in [-0.2, -0.15) is 0 Å². The lowest BCUT2D eigenvalue weighted by molar-refractivity contribution is 0.578. The van der Waals surface area contributed by atoms with Crippen molar-refractivity contribution in [2.45, 2.75) is 30.7 Å². The van der Waals surface area contributed by atoms with Gasteiger partial charge in [-0.05, 0) is 36.5 Å². The summed E-state index contributed by atoms with van der Waals surface area (Å²) in [5.41, 5.74) is 2.15. The van der Waals surface area contributed by atoms with E-state index in [1.165, 1.54) is 5.56 Å². The predicted molar refractivity (Wildman–Crippen MR) is 66.5 cm³/mol. The highest BCUT2D eigenvalue weighted by Gasteiger charge is 2.36.